The first-order chi connectivity index (χ1) is 26.0. The summed E-state index contributed by atoms with van der Waals surface area (Å²) in [5.74, 6) is 0. The van der Waals surface area contributed by atoms with Crippen LogP contribution in [0.1, 0.15) is 25.0 Å². The lowest BCUT2D eigenvalue weighted by atomic mass is 9.81. The molecule has 2 heterocycles. The fourth-order valence-corrected chi connectivity index (χ4v) is 11.0. The van der Waals surface area contributed by atoms with Crippen LogP contribution in [-0.2, 0) is 5.41 Å². The zero-order valence-corrected chi connectivity index (χ0v) is 30.1. The highest BCUT2D eigenvalue weighted by Crippen LogP contribution is 2.55. The van der Waals surface area contributed by atoms with Crippen LogP contribution < -0.4 is 0 Å². The van der Waals surface area contributed by atoms with Crippen molar-refractivity contribution in [2.24, 2.45) is 0 Å². The Balaban J connectivity index is 1.09. The van der Waals surface area contributed by atoms with Crippen LogP contribution in [0.15, 0.2) is 162 Å². The zero-order chi connectivity index (χ0) is 35.0. The highest BCUT2D eigenvalue weighted by atomic mass is 32.1. The van der Waals surface area contributed by atoms with E-state index in [-0.39, 0.29) is 5.41 Å². The molecular weight excluding hydrogens is 661 g/mol. The Kier molecular flexibility index (Phi) is 5.78. The van der Waals surface area contributed by atoms with Crippen molar-refractivity contribution >= 4 is 85.8 Å². The molecule has 1 aliphatic carbocycles. The van der Waals surface area contributed by atoms with Gasteiger partial charge in [0.2, 0.25) is 0 Å². The number of benzene rings is 9. The van der Waals surface area contributed by atoms with Gasteiger partial charge in [0.1, 0.15) is 11.2 Å². The van der Waals surface area contributed by atoms with Gasteiger partial charge in [0.25, 0.3) is 0 Å². The summed E-state index contributed by atoms with van der Waals surface area (Å²) < 4.78 is 9.00. The standard InChI is InChI=1S/C51H32OS/c1-51(2)43-23-19-31(26-40(43)38-21-22-39-42-25-29-11-3-4-12-30(29)28-46(42)53-50(39)49(38)51)47-34-14-5-7-16-36(34)48(37-17-8-6-15-35(37)47)32-20-24-45-41(27-32)33-13-9-10-18-44(33)52-45/h3-28H,1-2H3. The first-order valence-electron chi connectivity index (χ1n) is 18.4. The van der Waals surface area contributed by atoms with Gasteiger partial charge in [-0.15, -0.1) is 11.3 Å². The van der Waals surface area contributed by atoms with Crippen LogP contribution in [0.25, 0.3) is 108 Å². The Hall–Kier alpha value is -6.22. The van der Waals surface area contributed by atoms with Gasteiger partial charge in [0, 0.05) is 36.4 Å². The van der Waals surface area contributed by atoms with Crippen molar-refractivity contribution in [2.45, 2.75) is 19.3 Å². The van der Waals surface area contributed by atoms with E-state index in [0.29, 0.717) is 0 Å². The third kappa shape index (κ3) is 3.96. The molecule has 0 saturated heterocycles. The lowest BCUT2D eigenvalue weighted by Crippen LogP contribution is -2.15. The molecule has 12 rings (SSSR count). The van der Waals surface area contributed by atoms with Gasteiger partial charge >= 0.3 is 0 Å². The minimum Gasteiger partial charge on any atom is -0.456 e. The average Bonchev–Trinajstić information content (AvgIpc) is 3.82. The third-order valence-corrected chi connectivity index (χ3v) is 13.2. The lowest BCUT2D eigenvalue weighted by molar-refractivity contribution is 0.667. The summed E-state index contributed by atoms with van der Waals surface area (Å²) in [6, 6.07) is 58.5. The summed E-state index contributed by atoms with van der Waals surface area (Å²) >= 11 is 1.95. The minimum absolute atomic E-state index is 0.118. The molecule has 1 aliphatic rings. The Morgan fingerprint density at radius 2 is 1.02 bits per heavy atom. The molecule has 248 valence electrons. The van der Waals surface area contributed by atoms with Crippen molar-refractivity contribution in [3.8, 4) is 33.4 Å². The normalized spacial score (nSPS) is 13.6. The minimum atomic E-state index is -0.118. The van der Waals surface area contributed by atoms with Crippen LogP contribution in [0.5, 0.6) is 0 Å². The molecule has 53 heavy (non-hydrogen) atoms. The van der Waals surface area contributed by atoms with E-state index in [1.807, 2.05) is 17.4 Å². The fourth-order valence-electron chi connectivity index (χ4n) is 9.60. The molecule has 0 N–H and O–H groups in total. The Morgan fingerprint density at radius 3 is 1.74 bits per heavy atom. The maximum absolute atomic E-state index is 6.23. The van der Waals surface area contributed by atoms with Crippen molar-refractivity contribution in [2.75, 3.05) is 0 Å². The van der Waals surface area contributed by atoms with Gasteiger partial charge in [0.15, 0.2) is 0 Å². The number of fused-ring (bicyclic) bond motifs is 13. The number of para-hydroxylation sites is 1. The number of rotatable bonds is 2. The first kappa shape index (κ1) is 29.4. The second-order valence-electron chi connectivity index (χ2n) is 15.2. The van der Waals surface area contributed by atoms with E-state index >= 15 is 0 Å². The number of thiophene rings is 1. The largest absolute Gasteiger partial charge is 0.456 e. The Bertz CT molecular complexity index is 3320. The maximum atomic E-state index is 6.23. The predicted octanol–water partition coefficient (Wildman–Crippen LogP) is 15.1. The van der Waals surface area contributed by atoms with Crippen molar-refractivity contribution in [3.05, 3.63) is 169 Å². The summed E-state index contributed by atoms with van der Waals surface area (Å²) in [7, 11) is 0. The molecular formula is C51H32OS. The topological polar surface area (TPSA) is 13.1 Å². The van der Waals surface area contributed by atoms with Gasteiger partial charge in [-0.1, -0.05) is 135 Å². The second-order valence-corrected chi connectivity index (χ2v) is 16.3. The SMILES string of the molecule is CC1(C)c2ccc(-c3c4ccccc4c(-c4ccc5oc6ccccc6c5c4)c4ccccc34)cc2-c2ccc3c(sc4cc5ccccc5cc43)c21. The van der Waals surface area contributed by atoms with Crippen molar-refractivity contribution in [1.82, 2.24) is 0 Å². The van der Waals surface area contributed by atoms with Gasteiger partial charge in [-0.3, -0.25) is 0 Å². The van der Waals surface area contributed by atoms with E-state index in [0.717, 1.165) is 21.9 Å². The monoisotopic (exact) mass is 692 g/mol. The Labute approximate surface area is 310 Å². The molecule has 11 aromatic rings. The molecule has 2 heteroatoms. The van der Waals surface area contributed by atoms with E-state index in [9.17, 15) is 0 Å². The van der Waals surface area contributed by atoms with E-state index in [1.165, 1.54) is 97.0 Å². The molecule has 0 atom stereocenters. The molecule has 0 saturated carbocycles. The summed E-state index contributed by atoms with van der Waals surface area (Å²) in [6.45, 7) is 4.83. The number of hydrogen-bond acceptors (Lipinski definition) is 2. The van der Waals surface area contributed by atoms with Crippen LogP contribution in [0.4, 0.5) is 0 Å². The molecule has 0 aliphatic heterocycles. The molecule has 2 aromatic heterocycles. The van der Waals surface area contributed by atoms with Crippen molar-refractivity contribution in [1.29, 1.82) is 0 Å². The number of furan rings is 1. The quantitative estimate of drug-likeness (QED) is 0.164. The van der Waals surface area contributed by atoms with E-state index in [2.05, 4.69) is 166 Å². The summed E-state index contributed by atoms with van der Waals surface area (Å²) in [5.41, 5.74) is 12.3. The molecule has 0 unspecified atom stereocenters. The second kappa shape index (κ2) is 10.4. The van der Waals surface area contributed by atoms with Crippen LogP contribution in [0, 0.1) is 0 Å². The molecule has 9 aromatic carbocycles. The van der Waals surface area contributed by atoms with Crippen LogP contribution in [0.3, 0.4) is 0 Å². The highest BCUT2D eigenvalue weighted by Gasteiger charge is 2.38. The maximum Gasteiger partial charge on any atom is 0.135 e. The van der Waals surface area contributed by atoms with Crippen LogP contribution in [-0.4, -0.2) is 0 Å². The lowest BCUT2D eigenvalue weighted by Gasteiger charge is -2.22. The molecule has 0 bridgehead atoms. The van der Waals surface area contributed by atoms with E-state index < -0.39 is 0 Å². The smallest absolute Gasteiger partial charge is 0.135 e. The third-order valence-electron chi connectivity index (χ3n) is 12.0. The molecule has 0 amide bonds. The van der Waals surface area contributed by atoms with Gasteiger partial charge in [-0.05, 0) is 113 Å². The van der Waals surface area contributed by atoms with Gasteiger partial charge in [-0.25, -0.2) is 0 Å². The zero-order valence-electron chi connectivity index (χ0n) is 29.3. The number of hydrogen-bond donors (Lipinski definition) is 0. The highest BCUT2D eigenvalue weighted by molar-refractivity contribution is 7.26. The van der Waals surface area contributed by atoms with Crippen LogP contribution >= 0.6 is 11.3 Å². The average molecular weight is 693 g/mol. The first-order valence-corrected chi connectivity index (χ1v) is 19.2. The summed E-state index contributed by atoms with van der Waals surface area (Å²) in [5, 5.41) is 12.7. The van der Waals surface area contributed by atoms with Crippen LogP contribution in [0.2, 0.25) is 0 Å². The molecule has 1 nitrogen and oxygen atoms in total. The van der Waals surface area contributed by atoms with E-state index in [4.69, 9.17) is 4.42 Å². The van der Waals surface area contributed by atoms with Gasteiger partial charge in [0.05, 0.1) is 0 Å². The predicted molar refractivity (Wildman–Crippen MR) is 228 cm³/mol. The molecule has 0 fully saturated rings. The van der Waals surface area contributed by atoms with Crippen molar-refractivity contribution in [3.63, 3.8) is 0 Å². The Morgan fingerprint density at radius 1 is 0.434 bits per heavy atom. The summed E-state index contributed by atoms with van der Waals surface area (Å²) in [4.78, 5) is 0. The van der Waals surface area contributed by atoms with Crippen molar-refractivity contribution < 1.29 is 4.42 Å². The summed E-state index contributed by atoms with van der Waals surface area (Å²) in [6.07, 6.45) is 0. The van der Waals surface area contributed by atoms with Gasteiger partial charge in [-0.2, -0.15) is 0 Å². The van der Waals surface area contributed by atoms with Gasteiger partial charge < -0.3 is 4.42 Å². The fraction of sp³-hybridized carbons (Fsp3) is 0.0588. The molecule has 0 radical (unpaired) electrons. The molecule has 0 spiro atoms. The van der Waals surface area contributed by atoms with E-state index in [1.54, 1.807) is 0 Å².